The van der Waals surface area contributed by atoms with E-state index in [0.29, 0.717) is 0 Å². The van der Waals surface area contributed by atoms with Gasteiger partial charge in [0.2, 0.25) is 10.0 Å². The van der Waals surface area contributed by atoms with Crippen molar-refractivity contribution in [3.8, 4) is 6.07 Å². The van der Waals surface area contributed by atoms with Gasteiger partial charge in [-0.2, -0.15) is 9.57 Å². The molecule has 1 atom stereocenters. The Kier molecular flexibility index (Phi) is 5.70. The van der Waals surface area contributed by atoms with Gasteiger partial charge >= 0.3 is 0 Å². The summed E-state index contributed by atoms with van der Waals surface area (Å²) >= 11 is 0. The van der Waals surface area contributed by atoms with Gasteiger partial charge in [-0.05, 0) is 37.0 Å². The number of likely N-dealkylation sites (N-methyl/N-ethyl adjacent to an activating group) is 1. The molecule has 116 valence electrons. The Hall–Kier alpha value is -1.20. The molecule has 0 heterocycles. The molecule has 1 aliphatic rings. The molecule has 0 spiro atoms. The van der Waals surface area contributed by atoms with E-state index in [1.807, 2.05) is 0 Å². The van der Waals surface area contributed by atoms with Crippen LogP contribution < -0.4 is 5.73 Å². The van der Waals surface area contributed by atoms with Crippen LogP contribution in [-0.4, -0.2) is 32.4 Å². The first kappa shape index (κ1) is 17.9. The molecule has 0 aliphatic heterocycles. The van der Waals surface area contributed by atoms with Crippen molar-refractivity contribution in [2.45, 2.75) is 23.8 Å². The van der Waals surface area contributed by atoms with Crippen molar-refractivity contribution in [3.05, 3.63) is 29.6 Å². The van der Waals surface area contributed by atoms with Gasteiger partial charge in [-0.1, -0.05) is 0 Å². The van der Waals surface area contributed by atoms with Crippen molar-refractivity contribution in [2.24, 2.45) is 11.7 Å². The predicted octanol–water partition coefficient (Wildman–Crippen LogP) is 1.48. The summed E-state index contributed by atoms with van der Waals surface area (Å²) in [6.07, 6.45) is 1.93. The highest BCUT2D eigenvalue weighted by atomic mass is 35.5. The van der Waals surface area contributed by atoms with Gasteiger partial charge in [0, 0.05) is 19.6 Å². The number of sulfonamides is 1. The maximum absolute atomic E-state index is 13.3. The molecule has 1 aromatic carbocycles. The Morgan fingerprint density at radius 1 is 1.52 bits per heavy atom. The highest BCUT2D eigenvalue weighted by Crippen LogP contribution is 2.36. The number of hydrogen-bond donors (Lipinski definition) is 1. The van der Waals surface area contributed by atoms with E-state index in [4.69, 9.17) is 11.0 Å². The minimum atomic E-state index is -3.77. The minimum absolute atomic E-state index is 0. The minimum Gasteiger partial charge on any atom is -0.329 e. The molecule has 1 saturated carbocycles. The molecule has 0 radical (unpaired) electrons. The standard InChI is InChI=1S/C13H16FN3O2S.ClH/c1-17(13(8-16)9-2-3-9)20(18,19)11-4-5-12(14)10(6-11)7-15;/h4-6,9,13H,2-3,8,16H2,1H3;1H. The van der Waals surface area contributed by atoms with E-state index in [1.165, 1.54) is 17.4 Å². The zero-order valence-corrected chi connectivity index (χ0v) is 13.1. The molecule has 8 heteroatoms. The van der Waals surface area contributed by atoms with Crippen molar-refractivity contribution in [1.29, 1.82) is 5.26 Å². The number of halogens is 2. The lowest BCUT2D eigenvalue weighted by Crippen LogP contribution is -2.43. The highest BCUT2D eigenvalue weighted by molar-refractivity contribution is 7.89. The molecule has 0 bridgehead atoms. The molecule has 5 nitrogen and oxygen atoms in total. The Morgan fingerprint density at radius 3 is 2.62 bits per heavy atom. The van der Waals surface area contributed by atoms with Crippen LogP contribution in [-0.2, 0) is 10.0 Å². The summed E-state index contributed by atoms with van der Waals surface area (Å²) in [6.45, 7) is 0.243. The van der Waals surface area contributed by atoms with Crippen molar-refractivity contribution >= 4 is 22.4 Å². The maximum Gasteiger partial charge on any atom is 0.243 e. The fourth-order valence-corrected chi connectivity index (χ4v) is 3.67. The molecule has 2 N–H and O–H groups in total. The van der Waals surface area contributed by atoms with Gasteiger partial charge in [0.1, 0.15) is 11.9 Å². The SMILES string of the molecule is CN(C(CN)C1CC1)S(=O)(=O)c1ccc(F)c(C#N)c1.Cl. The zero-order chi connectivity index (χ0) is 14.9. The second-order valence-electron chi connectivity index (χ2n) is 4.92. The Labute approximate surface area is 130 Å². The first-order chi connectivity index (χ1) is 9.41. The number of nitrogens with zero attached hydrogens (tertiary/aromatic N) is 2. The zero-order valence-electron chi connectivity index (χ0n) is 11.5. The Balaban J connectivity index is 0.00000220. The molecular formula is C13H17ClFN3O2S. The third-order valence-electron chi connectivity index (χ3n) is 3.61. The summed E-state index contributed by atoms with van der Waals surface area (Å²) in [6, 6.07) is 4.61. The summed E-state index contributed by atoms with van der Waals surface area (Å²) in [5.41, 5.74) is 5.37. The van der Waals surface area contributed by atoms with Crippen molar-refractivity contribution < 1.29 is 12.8 Å². The smallest absolute Gasteiger partial charge is 0.243 e. The summed E-state index contributed by atoms with van der Waals surface area (Å²) in [7, 11) is -2.30. The predicted molar refractivity (Wildman–Crippen MR) is 78.9 cm³/mol. The van der Waals surface area contributed by atoms with E-state index in [-0.39, 0.29) is 41.4 Å². The molecular weight excluding hydrogens is 317 g/mol. The highest BCUT2D eigenvalue weighted by Gasteiger charge is 2.38. The number of hydrogen-bond acceptors (Lipinski definition) is 4. The summed E-state index contributed by atoms with van der Waals surface area (Å²) < 4.78 is 39.5. The van der Waals surface area contributed by atoms with E-state index in [0.717, 1.165) is 25.0 Å². The normalized spacial score (nSPS) is 16.1. The maximum atomic E-state index is 13.3. The first-order valence-electron chi connectivity index (χ1n) is 6.29. The average Bonchev–Trinajstić information content (AvgIpc) is 3.24. The quantitative estimate of drug-likeness (QED) is 0.884. The van der Waals surface area contributed by atoms with Crippen LogP contribution in [0.1, 0.15) is 18.4 Å². The fourth-order valence-electron chi connectivity index (χ4n) is 2.21. The second kappa shape index (κ2) is 6.71. The summed E-state index contributed by atoms with van der Waals surface area (Å²) in [5.74, 6) is -0.442. The first-order valence-corrected chi connectivity index (χ1v) is 7.73. The van der Waals surface area contributed by atoms with Gasteiger partial charge in [-0.15, -0.1) is 12.4 Å². The number of nitrogens with two attached hydrogens (primary N) is 1. The van der Waals surface area contributed by atoms with Gasteiger partial charge in [0.05, 0.1) is 10.5 Å². The Bertz CT molecular complexity index is 656. The van der Waals surface area contributed by atoms with Crippen LogP contribution >= 0.6 is 12.4 Å². The molecule has 0 saturated heterocycles. The average molecular weight is 334 g/mol. The van der Waals surface area contributed by atoms with Gasteiger partial charge in [0.15, 0.2) is 0 Å². The largest absolute Gasteiger partial charge is 0.329 e. The fraction of sp³-hybridized carbons (Fsp3) is 0.462. The van der Waals surface area contributed by atoms with Crippen LogP contribution in [0.15, 0.2) is 23.1 Å². The third kappa shape index (κ3) is 3.52. The van der Waals surface area contributed by atoms with Crippen LogP contribution in [0.2, 0.25) is 0 Å². The number of rotatable bonds is 5. The van der Waals surface area contributed by atoms with Crippen LogP contribution in [0.5, 0.6) is 0 Å². The molecule has 21 heavy (non-hydrogen) atoms. The van der Waals surface area contributed by atoms with E-state index in [2.05, 4.69) is 0 Å². The van der Waals surface area contributed by atoms with E-state index in [9.17, 15) is 12.8 Å². The lowest BCUT2D eigenvalue weighted by Gasteiger charge is -2.26. The van der Waals surface area contributed by atoms with Crippen molar-refractivity contribution in [1.82, 2.24) is 4.31 Å². The van der Waals surface area contributed by atoms with Crippen molar-refractivity contribution in [3.63, 3.8) is 0 Å². The van der Waals surface area contributed by atoms with Gasteiger partial charge in [-0.25, -0.2) is 12.8 Å². The Morgan fingerprint density at radius 2 is 2.14 bits per heavy atom. The van der Waals surface area contributed by atoms with E-state index < -0.39 is 15.8 Å². The summed E-state index contributed by atoms with van der Waals surface area (Å²) in [5, 5.41) is 8.78. The van der Waals surface area contributed by atoms with Gasteiger partial charge in [0.25, 0.3) is 0 Å². The van der Waals surface area contributed by atoms with Gasteiger partial charge in [-0.3, -0.25) is 0 Å². The lowest BCUT2D eigenvalue weighted by atomic mass is 10.2. The molecule has 0 amide bonds. The third-order valence-corrected chi connectivity index (χ3v) is 5.49. The monoisotopic (exact) mass is 333 g/mol. The molecule has 1 unspecified atom stereocenters. The molecule has 0 aromatic heterocycles. The van der Waals surface area contributed by atoms with E-state index in [1.54, 1.807) is 6.07 Å². The summed E-state index contributed by atoms with van der Waals surface area (Å²) in [4.78, 5) is -0.0861. The lowest BCUT2D eigenvalue weighted by molar-refractivity contribution is 0.340. The van der Waals surface area contributed by atoms with Crippen molar-refractivity contribution in [2.75, 3.05) is 13.6 Å². The topological polar surface area (TPSA) is 87.2 Å². The van der Waals surface area contributed by atoms with Crippen LogP contribution in [0.25, 0.3) is 0 Å². The number of nitriles is 1. The molecule has 2 rings (SSSR count). The van der Waals surface area contributed by atoms with Crippen LogP contribution in [0.3, 0.4) is 0 Å². The molecule has 1 aromatic rings. The van der Waals surface area contributed by atoms with Gasteiger partial charge < -0.3 is 5.73 Å². The molecule has 1 aliphatic carbocycles. The van der Waals surface area contributed by atoms with Crippen LogP contribution in [0, 0.1) is 23.1 Å². The van der Waals surface area contributed by atoms with E-state index >= 15 is 0 Å². The molecule has 1 fully saturated rings. The second-order valence-corrected chi connectivity index (χ2v) is 6.91. The van der Waals surface area contributed by atoms with Crippen LogP contribution in [0.4, 0.5) is 4.39 Å². The number of benzene rings is 1.